The first kappa shape index (κ1) is 22.9. The molecule has 2 rings (SSSR count). The van der Waals surface area contributed by atoms with Crippen molar-refractivity contribution in [1.82, 2.24) is 0 Å². The molecule has 0 bridgehead atoms. The Hall–Kier alpha value is -2.18. The lowest BCUT2D eigenvalue weighted by Gasteiger charge is -2.23. The van der Waals surface area contributed by atoms with Gasteiger partial charge in [0, 0.05) is 0 Å². The van der Waals surface area contributed by atoms with Gasteiger partial charge in [-0.25, -0.2) is 4.79 Å². The van der Waals surface area contributed by atoms with E-state index >= 15 is 0 Å². The Morgan fingerprint density at radius 1 is 1.15 bits per heavy atom. The van der Waals surface area contributed by atoms with Gasteiger partial charge in [0.2, 0.25) is 0 Å². The van der Waals surface area contributed by atoms with Gasteiger partial charge in [0.1, 0.15) is 18.4 Å². The third-order valence-corrected chi connectivity index (χ3v) is 4.01. The molecule has 0 aliphatic rings. The van der Waals surface area contributed by atoms with E-state index in [1.807, 2.05) is 30.3 Å². The Morgan fingerprint density at radius 3 is 2.22 bits per heavy atom. The number of alkyl halides is 2. The molecule has 0 heterocycles. The van der Waals surface area contributed by atoms with Crippen molar-refractivity contribution in [3.8, 4) is 5.75 Å². The fourth-order valence-electron chi connectivity index (χ4n) is 2.68. The quantitative estimate of drug-likeness (QED) is 0.696. The molecule has 0 saturated carbocycles. The topological polar surface area (TPSA) is 61.5 Å². The van der Waals surface area contributed by atoms with E-state index in [9.17, 15) is 13.6 Å². The molecule has 0 unspecified atom stereocenters. The summed E-state index contributed by atoms with van der Waals surface area (Å²) in [6.45, 7) is 5.21. The molecular weight excluding hydrogens is 376 g/mol. The lowest BCUT2D eigenvalue weighted by atomic mass is 9.96. The summed E-state index contributed by atoms with van der Waals surface area (Å²) in [5, 5.41) is 0. The van der Waals surface area contributed by atoms with Gasteiger partial charge in [-0.15, -0.1) is 12.4 Å². The fraction of sp³-hybridized carbons (Fsp3) is 0.350. The second kappa shape index (κ2) is 9.67. The zero-order valence-corrected chi connectivity index (χ0v) is 16.3. The number of carbonyl (C=O) groups excluding carboxylic acids is 1. The van der Waals surface area contributed by atoms with Crippen molar-refractivity contribution in [2.75, 3.05) is 6.61 Å². The Morgan fingerprint density at radius 2 is 1.70 bits per heavy atom. The predicted octanol–water partition coefficient (Wildman–Crippen LogP) is 4.50. The highest BCUT2D eigenvalue weighted by Gasteiger charge is 2.47. The number of carbonyl (C=O) groups is 1. The molecule has 2 N–H and O–H groups in total. The fourth-order valence-corrected chi connectivity index (χ4v) is 2.68. The van der Waals surface area contributed by atoms with Crippen LogP contribution in [0.3, 0.4) is 0 Å². The van der Waals surface area contributed by atoms with E-state index in [1.54, 1.807) is 13.8 Å². The first-order valence-corrected chi connectivity index (χ1v) is 8.35. The molecule has 0 aliphatic heterocycles. The van der Waals surface area contributed by atoms with Crippen LogP contribution < -0.4 is 10.5 Å². The van der Waals surface area contributed by atoms with Crippen LogP contribution in [0.2, 0.25) is 0 Å². The highest BCUT2D eigenvalue weighted by Crippen LogP contribution is 2.34. The van der Waals surface area contributed by atoms with Crippen molar-refractivity contribution < 1.29 is 23.0 Å². The number of hydrogen-bond donors (Lipinski definition) is 1. The van der Waals surface area contributed by atoms with Gasteiger partial charge in [-0.05, 0) is 43.0 Å². The van der Waals surface area contributed by atoms with Crippen LogP contribution in [0.25, 0.3) is 0 Å². The first-order valence-electron chi connectivity index (χ1n) is 8.35. The minimum absolute atomic E-state index is 0. The third-order valence-electron chi connectivity index (χ3n) is 4.01. The summed E-state index contributed by atoms with van der Waals surface area (Å²) in [5.41, 5.74) is 8.17. The van der Waals surface area contributed by atoms with Crippen LogP contribution in [0.15, 0.2) is 42.5 Å². The smallest absolute Gasteiger partial charge is 0.379 e. The Labute approximate surface area is 164 Å². The maximum atomic E-state index is 14.2. The first-order chi connectivity index (χ1) is 12.3. The van der Waals surface area contributed by atoms with Crippen molar-refractivity contribution in [3.05, 3.63) is 64.7 Å². The average molecular weight is 400 g/mol. The normalized spacial score (nSPS) is 12.1. The number of halogens is 3. The predicted molar refractivity (Wildman–Crippen MR) is 102 cm³/mol. The third kappa shape index (κ3) is 5.40. The molecule has 1 atom stereocenters. The lowest BCUT2D eigenvalue weighted by Crippen LogP contribution is -2.41. The van der Waals surface area contributed by atoms with Crippen LogP contribution in [0.4, 0.5) is 8.78 Å². The summed E-state index contributed by atoms with van der Waals surface area (Å²) < 4.78 is 38.6. The minimum atomic E-state index is -3.80. The van der Waals surface area contributed by atoms with Crippen LogP contribution >= 0.6 is 12.4 Å². The van der Waals surface area contributed by atoms with E-state index < -0.39 is 17.9 Å². The summed E-state index contributed by atoms with van der Waals surface area (Å²) in [6.07, 6.45) is 0. The Kier molecular flexibility index (Phi) is 8.19. The molecular formula is C20H24ClF2NO3. The van der Waals surface area contributed by atoms with Gasteiger partial charge >= 0.3 is 11.9 Å². The van der Waals surface area contributed by atoms with E-state index in [1.165, 1.54) is 19.1 Å². The highest BCUT2D eigenvalue weighted by atomic mass is 35.5. The van der Waals surface area contributed by atoms with Gasteiger partial charge in [-0.3, -0.25) is 0 Å². The van der Waals surface area contributed by atoms with Crippen molar-refractivity contribution in [2.24, 2.45) is 5.73 Å². The molecule has 0 radical (unpaired) electrons. The number of ether oxygens (including phenoxy) is 2. The summed E-state index contributed by atoms with van der Waals surface area (Å²) in [4.78, 5) is 11.5. The molecule has 0 spiro atoms. The lowest BCUT2D eigenvalue weighted by molar-refractivity contribution is -0.174. The van der Waals surface area contributed by atoms with E-state index in [0.717, 1.165) is 5.56 Å². The second-order valence-corrected chi connectivity index (χ2v) is 6.08. The van der Waals surface area contributed by atoms with Gasteiger partial charge in [0.15, 0.2) is 0 Å². The summed E-state index contributed by atoms with van der Waals surface area (Å²) in [7, 11) is 0. The van der Waals surface area contributed by atoms with Crippen molar-refractivity contribution in [2.45, 2.75) is 39.3 Å². The summed E-state index contributed by atoms with van der Waals surface area (Å²) in [6, 6.07) is 10.9. The van der Waals surface area contributed by atoms with E-state index in [4.69, 9.17) is 10.5 Å². The zero-order valence-electron chi connectivity index (χ0n) is 15.5. The zero-order chi connectivity index (χ0) is 19.3. The molecule has 0 fully saturated rings. The molecule has 148 valence electrons. The summed E-state index contributed by atoms with van der Waals surface area (Å²) in [5.74, 6) is -4.81. The monoisotopic (exact) mass is 399 g/mol. The van der Waals surface area contributed by atoms with Crippen LogP contribution in [0.5, 0.6) is 5.75 Å². The van der Waals surface area contributed by atoms with E-state index in [0.29, 0.717) is 23.5 Å². The Balaban J connectivity index is 0.00000364. The van der Waals surface area contributed by atoms with Crippen LogP contribution in [-0.2, 0) is 16.1 Å². The van der Waals surface area contributed by atoms with Crippen molar-refractivity contribution in [3.63, 3.8) is 0 Å². The van der Waals surface area contributed by atoms with Crippen molar-refractivity contribution in [1.29, 1.82) is 0 Å². The highest BCUT2D eigenvalue weighted by molar-refractivity contribution is 5.85. The second-order valence-electron chi connectivity index (χ2n) is 6.08. The molecule has 7 heteroatoms. The number of aryl methyl sites for hydroxylation is 2. The number of esters is 1. The van der Waals surface area contributed by atoms with Gasteiger partial charge in [-0.2, -0.15) is 8.78 Å². The van der Waals surface area contributed by atoms with Crippen LogP contribution in [0.1, 0.15) is 35.2 Å². The molecule has 0 aromatic heterocycles. The van der Waals surface area contributed by atoms with Crippen LogP contribution in [0, 0.1) is 13.8 Å². The summed E-state index contributed by atoms with van der Waals surface area (Å²) >= 11 is 0. The maximum Gasteiger partial charge on any atom is 0.379 e. The van der Waals surface area contributed by atoms with E-state index in [-0.39, 0.29) is 24.6 Å². The number of benzene rings is 2. The van der Waals surface area contributed by atoms with Crippen molar-refractivity contribution >= 4 is 18.4 Å². The average Bonchev–Trinajstić information content (AvgIpc) is 2.61. The minimum Gasteiger partial charge on any atom is -0.488 e. The van der Waals surface area contributed by atoms with E-state index in [2.05, 4.69) is 4.74 Å². The van der Waals surface area contributed by atoms with Gasteiger partial charge in [-0.1, -0.05) is 42.5 Å². The number of rotatable bonds is 7. The SMILES string of the molecule is CCOC(=O)C(F)(F)[C@H](N)c1cc(C)c(OCc2ccccc2)c(C)c1.Cl. The molecule has 0 aliphatic carbocycles. The maximum absolute atomic E-state index is 14.2. The standard InChI is InChI=1S/C20H23F2NO3.ClH/c1-4-25-19(24)20(21,22)18(23)16-10-13(2)17(14(3)11-16)26-12-15-8-6-5-7-9-15;/h5-11,18H,4,12,23H2,1-3H3;1H/t18-;/m1./s1. The molecule has 0 saturated heterocycles. The number of hydrogen-bond acceptors (Lipinski definition) is 4. The van der Waals surface area contributed by atoms with Gasteiger partial charge in [0.25, 0.3) is 0 Å². The van der Waals surface area contributed by atoms with Gasteiger partial charge < -0.3 is 15.2 Å². The number of nitrogens with two attached hydrogens (primary N) is 1. The van der Waals surface area contributed by atoms with Gasteiger partial charge in [0.05, 0.1) is 6.61 Å². The molecule has 2 aromatic carbocycles. The Bertz CT molecular complexity index is 746. The molecule has 27 heavy (non-hydrogen) atoms. The van der Waals surface area contributed by atoms with Crippen LogP contribution in [-0.4, -0.2) is 18.5 Å². The molecule has 0 amide bonds. The molecule has 4 nitrogen and oxygen atoms in total. The largest absolute Gasteiger partial charge is 0.488 e. The molecule has 2 aromatic rings.